The highest BCUT2D eigenvalue weighted by Gasteiger charge is 2.40. The summed E-state index contributed by atoms with van der Waals surface area (Å²) in [5.74, 6) is -0.445. The van der Waals surface area contributed by atoms with Gasteiger partial charge in [-0.25, -0.2) is 0 Å². The summed E-state index contributed by atoms with van der Waals surface area (Å²) in [5.41, 5.74) is 0. The molecule has 0 unspecified atom stereocenters. The normalized spacial score (nSPS) is 34.0. The summed E-state index contributed by atoms with van der Waals surface area (Å²) in [6.07, 6.45) is 0.252. The second-order valence-electron chi connectivity index (χ2n) is 3.32. The standard InChI is InChI=1S/C8H15IO3/c1-8(2)11-6(4-9)7(12-8)5-10-3/h6-7H,4-5H2,1-3H3/t6-,7-/m0/s1. The molecule has 1 aliphatic rings. The first-order chi connectivity index (χ1) is 5.59. The van der Waals surface area contributed by atoms with E-state index in [1.165, 1.54) is 0 Å². The molecule has 0 saturated carbocycles. The van der Waals surface area contributed by atoms with Crippen LogP contribution in [0, 0.1) is 0 Å². The molecule has 0 radical (unpaired) electrons. The molecule has 0 aromatic carbocycles. The van der Waals surface area contributed by atoms with Crippen molar-refractivity contribution in [3.63, 3.8) is 0 Å². The summed E-state index contributed by atoms with van der Waals surface area (Å²) in [7, 11) is 1.68. The van der Waals surface area contributed by atoms with E-state index >= 15 is 0 Å². The topological polar surface area (TPSA) is 27.7 Å². The average molecular weight is 286 g/mol. The molecule has 1 rings (SSSR count). The second-order valence-corrected chi connectivity index (χ2v) is 4.20. The lowest BCUT2D eigenvalue weighted by atomic mass is 10.2. The van der Waals surface area contributed by atoms with Crippen LogP contribution in [0.15, 0.2) is 0 Å². The minimum absolute atomic E-state index is 0.0851. The quantitative estimate of drug-likeness (QED) is 0.582. The van der Waals surface area contributed by atoms with Gasteiger partial charge in [-0.1, -0.05) is 22.6 Å². The lowest BCUT2D eigenvalue weighted by Gasteiger charge is -2.16. The predicted octanol–water partition coefficient (Wildman–Crippen LogP) is 1.59. The molecule has 1 heterocycles. The fraction of sp³-hybridized carbons (Fsp3) is 1.00. The maximum atomic E-state index is 5.65. The average Bonchev–Trinajstić information content (AvgIpc) is 2.26. The van der Waals surface area contributed by atoms with E-state index in [0.717, 1.165) is 4.43 Å². The Bertz CT molecular complexity index is 149. The molecule has 3 nitrogen and oxygen atoms in total. The van der Waals surface area contributed by atoms with E-state index in [1.807, 2.05) is 13.8 Å². The van der Waals surface area contributed by atoms with E-state index in [4.69, 9.17) is 14.2 Å². The minimum Gasteiger partial charge on any atom is -0.382 e. The Balaban J connectivity index is 2.50. The molecule has 0 aromatic heterocycles. The Morgan fingerprint density at radius 1 is 1.33 bits per heavy atom. The Morgan fingerprint density at radius 3 is 2.42 bits per heavy atom. The number of hydrogen-bond acceptors (Lipinski definition) is 3. The van der Waals surface area contributed by atoms with Crippen molar-refractivity contribution in [3.05, 3.63) is 0 Å². The first-order valence-corrected chi connectivity index (χ1v) is 5.52. The van der Waals surface area contributed by atoms with Gasteiger partial charge in [-0.3, -0.25) is 0 Å². The van der Waals surface area contributed by atoms with Gasteiger partial charge in [0.15, 0.2) is 5.79 Å². The zero-order chi connectivity index (χ0) is 9.19. The van der Waals surface area contributed by atoms with Gasteiger partial charge in [-0.15, -0.1) is 0 Å². The van der Waals surface area contributed by atoms with Gasteiger partial charge in [-0.05, 0) is 13.8 Å². The number of hydrogen-bond donors (Lipinski definition) is 0. The van der Waals surface area contributed by atoms with Crippen LogP contribution in [0.1, 0.15) is 13.8 Å². The summed E-state index contributed by atoms with van der Waals surface area (Å²) in [5, 5.41) is 0. The van der Waals surface area contributed by atoms with Crippen molar-refractivity contribution in [1.29, 1.82) is 0 Å². The van der Waals surface area contributed by atoms with Crippen LogP contribution in [-0.4, -0.2) is 36.1 Å². The minimum atomic E-state index is -0.445. The van der Waals surface area contributed by atoms with Crippen LogP contribution in [-0.2, 0) is 14.2 Å². The zero-order valence-electron chi connectivity index (χ0n) is 7.67. The monoisotopic (exact) mass is 286 g/mol. The van der Waals surface area contributed by atoms with E-state index in [9.17, 15) is 0 Å². The molecule has 72 valence electrons. The van der Waals surface area contributed by atoms with E-state index in [-0.39, 0.29) is 12.2 Å². The molecule has 0 amide bonds. The van der Waals surface area contributed by atoms with E-state index in [0.29, 0.717) is 6.61 Å². The second kappa shape index (κ2) is 4.21. The molecule has 2 atom stereocenters. The van der Waals surface area contributed by atoms with Crippen LogP contribution in [0.5, 0.6) is 0 Å². The number of methoxy groups -OCH3 is 1. The van der Waals surface area contributed by atoms with E-state index < -0.39 is 5.79 Å². The summed E-state index contributed by atoms with van der Waals surface area (Å²) in [4.78, 5) is 0. The van der Waals surface area contributed by atoms with Crippen molar-refractivity contribution >= 4 is 22.6 Å². The lowest BCUT2D eigenvalue weighted by Crippen LogP contribution is -2.28. The molecule has 1 aliphatic heterocycles. The van der Waals surface area contributed by atoms with Gasteiger partial charge in [0.2, 0.25) is 0 Å². The maximum Gasteiger partial charge on any atom is 0.163 e. The molecule has 0 aromatic rings. The third-order valence-electron chi connectivity index (χ3n) is 1.77. The smallest absolute Gasteiger partial charge is 0.163 e. The van der Waals surface area contributed by atoms with E-state index in [1.54, 1.807) is 7.11 Å². The zero-order valence-corrected chi connectivity index (χ0v) is 9.83. The molecule has 0 bridgehead atoms. The highest BCUT2D eigenvalue weighted by molar-refractivity contribution is 14.1. The van der Waals surface area contributed by atoms with Crippen LogP contribution in [0.3, 0.4) is 0 Å². The molecule has 12 heavy (non-hydrogen) atoms. The molecule has 1 saturated heterocycles. The largest absolute Gasteiger partial charge is 0.382 e. The van der Waals surface area contributed by atoms with Crippen molar-refractivity contribution in [2.75, 3.05) is 18.1 Å². The molecular formula is C8H15IO3. The van der Waals surface area contributed by atoms with Crippen LogP contribution in [0.2, 0.25) is 0 Å². The summed E-state index contributed by atoms with van der Waals surface area (Å²) < 4.78 is 17.3. The Kier molecular flexibility index (Phi) is 3.75. The Labute approximate surface area is 86.9 Å². The highest BCUT2D eigenvalue weighted by atomic mass is 127. The third-order valence-corrected chi connectivity index (χ3v) is 2.64. The Morgan fingerprint density at radius 2 is 1.92 bits per heavy atom. The molecule has 1 fully saturated rings. The number of alkyl halides is 1. The van der Waals surface area contributed by atoms with Gasteiger partial charge in [0.1, 0.15) is 6.10 Å². The van der Waals surface area contributed by atoms with E-state index in [2.05, 4.69) is 22.6 Å². The summed E-state index contributed by atoms with van der Waals surface area (Å²) in [6, 6.07) is 0. The van der Waals surface area contributed by atoms with Crippen LogP contribution in [0.4, 0.5) is 0 Å². The first-order valence-electron chi connectivity index (χ1n) is 3.99. The molecule has 0 aliphatic carbocycles. The molecule has 4 heteroatoms. The van der Waals surface area contributed by atoms with Gasteiger partial charge in [-0.2, -0.15) is 0 Å². The van der Waals surface area contributed by atoms with Crippen molar-refractivity contribution in [2.45, 2.75) is 31.8 Å². The fourth-order valence-electron chi connectivity index (χ4n) is 1.35. The van der Waals surface area contributed by atoms with Gasteiger partial charge >= 0.3 is 0 Å². The van der Waals surface area contributed by atoms with Gasteiger partial charge < -0.3 is 14.2 Å². The van der Waals surface area contributed by atoms with Crippen LogP contribution in [0.25, 0.3) is 0 Å². The maximum absolute atomic E-state index is 5.65. The third kappa shape index (κ3) is 2.55. The molecule has 0 N–H and O–H groups in total. The predicted molar refractivity (Wildman–Crippen MR) is 54.6 cm³/mol. The first kappa shape index (κ1) is 10.7. The summed E-state index contributed by atoms with van der Waals surface area (Å²) in [6.45, 7) is 4.47. The van der Waals surface area contributed by atoms with Gasteiger partial charge in [0.25, 0.3) is 0 Å². The SMILES string of the molecule is COC[C@@H]1OC(C)(C)O[C@H]1CI. The highest BCUT2D eigenvalue weighted by Crippen LogP contribution is 2.29. The van der Waals surface area contributed by atoms with Crippen molar-refractivity contribution in [2.24, 2.45) is 0 Å². The van der Waals surface area contributed by atoms with Crippen LogP contribution >= 0.6 is 22.6 Å². The van der Waals surface area contributed by atoms with Gasteiger partial charge in [0, 0.05) is 11.5 Å². The van der Waals surface area contributed by atoms with Crippen molar-refractivity contribution in [3.8, 4) is 0 Å². The molecular weight excluding hydrogens is 271 g/mol. The molecule has 0 spiro atoms. The van der Waals surface area contributed by atoms with Gasteiger partial charge in [0.05, 0.1) is 12.7 Å². The number of rotatable bonds is 3. The number of halogens is 1. The Hall–Kier alpha value is 0.610. The number of ether oxygens (including phenoxy) is 3. The lowest BCUT2D eigenvalue weighted by molar-refractivity contribution is -0.148. The van der Waals surface area contributed by atoms with Crippen molar-refractivity contribution in [1.82, 2.24) is 0 Å². The fourth-order valence-corrected chi connectivity index (χ4v) is 2.09. The van der Waals surface area contributed by atoms with Crippen LogP contribution < -0.4 is 0 Å². The summed E-state index contributed by atoms with van der Waals surface area (Å²) >= 11 is 2.30. The van der Waals surface area contributed by atoms with Crippen molar-refractivity contribution < 1.29 is 14.2 Å².